The predicted molar refractivity (Wildman–Crippen MR) is 112 cm³/mol. The van der Waals surface area contributed by atoms with Crippen LogP contribution in [0.3, 0.4) is 0 Å². The Morgan fingerprint density at radius 2 is 1.79 bits per heavy atom. The Hall–Kier alpha value is -2.28. The van der Waals surface area contributed by atoms with Gasteiger partial charge in [0.2, 0.25) is 5.91 Å². The number of thioether (sulfide) groups is 1. The van der Waals surface area contributed by atoms with Gasteiger partial charge in [-0.2, -0.15) is 0 Å². The zero-order valence-corrected chi connectivity index (χ0v) is 17.8. The Balaban J connectivity index is 1.69. The maximum absolute atomic E-state index is 12.9. The highest BCUT2D eigenvalue weighted by atomic mass is 32.2. The van der Waals surface area contributed by atoms with E-state index in [0.717, 1.165) is 23.7 Å². The van der Waals surface area contributed by atoms with Crippen LogP contribution in [0.4, 0.5) is 0 Å². The van der Waals surface area contributed by atoms with Crippen LogP contribution in [-0.2, 0) is 4.79 Å². The van der Waals surface area contributed by atoms with Gasteiger partial charge in [0.15, 0.2) is 5.16 Å². The average Bonchev–Trinajstić information content (AvgIpc) is 3.12. The molecular weight excluding hydrogens is 372 g/mol. The van der Waals surface area contributed by atoms with Crippen LogP contribution < -0.4 is 5.32 Å². The molecule has 1 N–H and O–H groups in total. The summed E-state index contributed by atoms with van der Waals surface area (Å²) in [6.45, 7) is 7.18. The van der Waals surface area contributed by atoms with Gasteiger partial charge in [0.25, 0.3) is 5.91 Å². The summed E-state index contributed by atoms with van der Waals surface area (Å²) >= 11 is 1.51. The van der Waals surface area contributed by atoms with Crippen molar-refractivity contribution < 1.29 is 9.59 Å². The van der Waals surface area contributed by atoms with Crippen LogP contribution in [0.25, 0.3) is 5.69 Å². The second-order valence-electron chi connectivity index (χ2n) is 8.09. The van der Waals surface area contributed by atoms with Gasteiger partial charge >= 0.3 is 0 Å². The van der Waals surface area contributed by atoms with Crippen molar-refractivity contribution in [1.29, 1.82) is 0 Å². The van der Waals surface area contributed by atoms with Crippen LogP contribution in [0.2, 0.25) is 0 Å². The van der Waals surface area contributed by atoms with Gasteiger partial charge in [-0.3, -0.25) is 14.2 Å². The third-order valence-corrected chi connectivity index (χ3v) is 5.57. The zero-order chi connectivity index (χ0) is 20.3. The number of likely N-dealkylation sites (tertiary alicyclic amines) is 1. The number of amides is 2. The molecule has 1 aliphatic rings. The van der Waals surface area contributed by atoms with E-state index < -0.39 is 0 Å². The fourth-order valence-corrected chi connectivity index (χ4v) is 3.97. The maximum atomic E-state index is 12.9. The first kappa shape index (κ1) is 20.5. The minimum atomic E-state index is -0.369. The molecule has 2 aromatic rings. The van der Waals surface area contributed by atoms with E-state index in [1.165, 1.54) is 11.8 Å². The summed E-state index contributed by atoms with van der Waals surface area (Å²) in [6, 6.07) is 9.84. The summed E-state index contributed by atoms with van der Waals surface area (Å²) in [5.74, 6) is 0.0429. The second kappa shape index (κ2) is 8.39. The number of carbonyl (C=O) groups excluding carboxylic acids is 2. The van der Waals surface area contributed by atoms with Crippen molar-refractivity contribution in [3.05, 3.63) is 42.2 Å². The lowest BCUT2D eigenvalue weighted by Crippen LogP contribution is -2.49. The fourth-order valence-electron chi connectivity index (χ4n) is 3.43. The molecule has 6 nitrogen and oxygen atoms in total. The molecule has 150 valence electrons. The van der Waals surface area contributed by atoms with Gasteiger partial charge < -0.3 is 10.2 Å². The molecule has 1 aliphatic heterocycles. The van der Waals surface area contributed by atoms with Crippen molar-refractivity contribution in [2.24, 2.45) is 5.41 Å². The van der Waals surface area contributed by atoms with E-state index in [1.54, 1.807) is 6.20 Å². The normalized spacial score (nSPS) is 15.5. The number of imidazole rings is 1. The fraction of sp³-hybridized carbons (Fsp3) is 0.476. The number of benzene rings is 1. The molecule has 1 aromatic heterocycles. The minimum Gasteiger partial charge on any atom is -0.348 e. The Morgan fingerprint density at radius 1 is 1.14 bits per heavy atom. The molecule has 0 spiro atoms. The van der Waals surface area contributed by atoms with Crippen LogP contribution in [0.1, 0.15) is 44.1 Å². The summed E-state index contributed by atoms with van der Waals surface area (Å²) in [6.07, 6.45) is 5.11. The lowest BCUT2D eigenvalue weighted by Gasteiger charge is -2.36. The first-order valence-electron chi connectivity index (χ1n) is 9.58. The summed E-state index contributed by atoms with van der Waals surface area (Å²) in [7, 11) is 0. The van der Waals surface area contributed by atoms with Crippen LogP contribution in [0.15, 0.2) is 41.7 Å². The van der Waals surface area contributed by atoms with Crippen LogP contribution in [0.5, 0.6) is 0 Å². The first-order valence-corrected chi connectivity index (χ1v) is 10.8. The number of para-hydroxylation sites is 1. The van der Waals surface area contributed by atoms with Crippen molar-refractivity contribution in [3.63, 3.8) is 0 Å². The quantitative estimate of drug-likeness (QED) is 0.799. The number of hydrogen-bond donors (Lipinski definition) is 1. The number of nitrogens with one attached hydrogen (secondary N) is 1. The number of hydrogen-bond acceptors (Lipinski definition) is 4. The number of aromatic nitrogens is 2. The number of carbonyl (C=O) groups is 2. The zero-order valence-electron chi connectivity index (χ0n) is 16.9. The van der Waals surface area contributed by atoms with E-state index in [4.69, 9.17) is 0 Å². The molecule has 1 fully saturated rings. The summed E-state index contributed by atoms with van der Waals surface area (Å²) in [4.78, 5) is 31.7. The van der Waals surface area contributed by atoms with Crippen molar-refractivity contribution in [2.75, 3.05) is 19.3 Å². The van der Waals surface area contributed by atoms with Gasteiger partial charge in [-0.1, -0.05) is 50.7 Å². The van der Waals surface area contributed by atoms with Crippen molar-refractivity contribution in [2.45, 2.75) is 44.8 Å². The largest absolute Gasteiger partial charge is 0.348 e. The summed E-state index contributed by atoms with van der Waals surface area (Å²) in [5.41, 5.74) is 1.08. The van der Waals surface area contributed by atoms with E-state index in [9.17, 15) is 9.59 Å². The Morgan fingerprint density at radius 3 is 2.36 bits per heavy atom. The van der Waals surface area contributed by atoms with Gasteiger partial charge in [-0.25, -0.2) is 4.98 Å². The number of piperidine rings is 1. The monoisotopic (exact) mass is 400 g/mol. The Labute approximate surface area is 170 Å². The summed E-state index contributed by atoms with van der Waals surface area (Å²) in [5, 5.41) is 3.91. The van der Waals surface area contributed by atoms with Crippen molar-refractivity contribution in [3.8, 4) is 5.69 Å². The van der Waals surface area contributed by atoms with Crippen molar-refractivity contribution >= 4 is 23.6 Å². The SMILES string of the molecule is CSc1ncc(C(=O)NC2CCN(C(=O)C(C)(C)C)CC2)n1-c1ccccc1. The highest BCUT2D eigenvalue weighted by molar-refractivity contribution is 7.98. The van der Waals surface area contributed by atoms with E-state index in [2.05, 4.69) is 10.3 Å². The molecule has 2 heterocycles. The molecule has 2 amide bonds. The third-order valence-electron chi connectivity index (χ3n) is 4.92. The Bertz CT molecular complexity index is 834. The molecule has 3 rings (SSSR count). The van der Waals surface area contributed by atoms with Gasteiger partial charge in [-0.05, 0) is 31.2 Å². The van der Waals surface area contributed by atoms with E-state index in [-0.39, 0.29) is 23.3 Å². The smallest absolute Gasteiger partial charge is 0.270 e. The Kier molecular flexibility index (Phi) is 6.13. The van der Waals surface area contributed by atoms with Gasteiger partial charge in [0.05, 0.1) is 6.20 Å². The maximum Gasteiger partial charge on any atom is 0.270 e. The molecule has 0 unspecified atom stereocenters. The number of rotatable bonds is 4. The van der Waals surface area contributed by atoms with Crippen LogP contribution in [0, 0.1) is 5.41 Å². The van der Waals surface area contributed by atoms with Crippen LogP contribution >= 0.6 is 11.8 Å². The molecule has 1 saturated heterocycles. The van der Waals surface area contributed by atoms with Crippen LogP contribution in [-0.4, -0.2) is 51.7 Å². The standard InChI is InChI=1S/C21H28N4O2S/c1-21(2,3)19(27)24-12-10-15(11-13-24)23-18(26)17-14-22-20(28-4)25(17)16-8-6-5-7-9-16/h5-9,14-15H,10-13H2,1-4H3,(H,23,26). The lowest BCUT2D eigenvalue weighted by molar-refractivity contribution is -0.140. The molecule has 7 heteroatoms. The third kappa shape index (κ3) is 4.41. The average molecular weight is 401 g/mol. The van der Waals surface area contributed by atoms with E-state index >= 15 is 0 Å². The topological polar surface area (TPSA) is 67.2 Å². The molecule has 0 radical (unpaired) electrons. The highest BCUT2D eigenvalue weighted by Crippen LogP contribution is 2.23. The molecule has 0 atom stereocenters. The minimum absolute atomic E-state index is 0.0633. The molecule has 1 aromatic carbocycles. The molecule has 28 heavy (non-hydrogen) atoms. The molecular formula is C21H28N4O2S. The number of nitrogens with zero attached hydrogens (tertiary/aromatic N) is 3. The van der Waals surface area contributed by atoms with Gasteiger partial charge in [-0.15, -0.1) is 0 Å². The molecule has 0 bridgehead atoms. The van der Waals surface area contributed by atoms with Crippen molar-refractivity contribution in [1.82, 2.24) is 19.8 Å². The predicted octanol–water partition coefficient (Wildman–Crippen LogP) is 3.36. The summed E-state index contributed by atoms with van der Waals surface area (Å²) < 4.78 is 1.89. The van der Waals surface area contributed by atoms with Gasteiger partial charge in [0.1, 0.15) is 5.69 Å². The van der Waals surface area contributed by atoms with E-state index in [0.29, 0.717) is 18.8 Å². The molecule has 0 aliphatic carbocycles. The highest BCUT2D eigenvalue weighted by Gasteiger charge is 2.31. The molecule has 0 saturated carbocycles. The first-order chi connectivity index (χ1) is 13.3. The lowest BCUT2D eigenvalue weighted by atomic mass is 9.93. The van der Waals surface area contributed by atoms with Gasteiger partial charge in [0, 0.05) is 30.2 Å². The second-order valence-corrected chi connectivity index (χ2v) is 8.86. The van der Waals surface area contributed by atoms with E-state index in [1.807, 2.05) is 66.8 Å².